The lowest BCUT2D eigenvalue weighted by molar-refractivity contribution is -0.135. The molecule has 5 nitrogen and oxygen atoms in total. The summed E-state index contributed by atoms with van der Waals surface area (Å²) in [7, 11) is 0. The van der Waals surface area contributed by atoms with E-state index >= 15 is 0 Å². The Morgan fingerprint density at radius 1 is 1.00 bits per heavy atom. The summed E-state index contributed by atoms with van der Waals surface area (Å²) in [5, 5.41) is 0. The van der Waals surface area contributed by atoms with Crippen molar-refractivity contribution in [2.45, 2.75) is 45.8 Å². The Balaban J connectivity index is 1.66. The van der Waals surface area contributed by atoms with Crippen LogP contribution in [0.5, 0.6) is 0 Å². The molecule has 0 saturated carbocycles. The van der Waals surface area contributed by atoms with E-state index < -0.39 is 11.6 Å². The Hall–Kier alpha value is -3.41. The first-order chi connectivity index (χ1) is 15.7. The van der Waals surface area contributed by atoms with Crippen molar-refractivity contribution in [1.29, 1.82) is 0 Å². The fraction of sp³-hybridized carbons (Fsp3) is 0.333. The lowest BCUT2D eigenvalue weighted by Gasteiger charge is -2.41. The van der Waals surface area contributed by atoms with Crippen LogP contribution in [0.15, 0.2) is 66.9 Å². The number of hydrogen-bond acceptors (Lipinski definition) is 2. The van der Waals surface area contributed by atoms with Crippen LogP contribution in [-0.4, -0.2) is 44.8 Å². The molecule has 1 aromatic heterocycles. The Labute approximate surface area is 194 Å². The van der Waals surface area contributed by atoms with Crippen molar-refractivity contribution < 1.29 is 14.0 Å². The lowest BCUT2D eigenvalue weighted by Crippen LogP contribution is -2.53. The second-order valence-corrected chi connectivity index (χ2v) is 9.57. The van der Waals surface area contributed by atoms with Crippen molar-refractivity contribution in [3.63, 3.8) is 0 Å². The molecule has 2 heterocycles. The van der Waals surface area contributed by atoms with Gasteiger partial charge in [-0.3, -0.25) is 9.59 Å². The number of fused-ring (bicyclic) bond motifs is 1. The standard InChI is InChI=1S/C27H30FN3O2/c1-19-11-13-20(14-12-19)26(33)31(27(2,3)4)18-24(32)30-17-16-29-15-7-10-23(29)25(30)21-8-5-6-9-22(21)28/h5-15,25H,16-18H2,1-4H3/t25-/m1/s1. The third-order valence-corrected chi connectivity index (χ3v) is 6.21. The van der Waals surface area contributed by atoms with E-state index in [1.165, 1.54) is 6.07 Å². The largest absolute Gasteiger partial charge is 0.348 e. The molecule has 2 aromatic carbocycles. The van der Waals surface area contributed by atoms with Gasteiger partial charge in [0.25, 0.3) is 5.91 Å². The van der Waals surface area contributed by atoms with Crippen LogP contribution in [0.1, 0.15) is 54.0 Å². The van der Waals surface area contributed by atoms with E-state index in [0.29, 0.717) is 24.2 Å². The minimum absolute atomic E-state index is 0.0815. The molecule has 1 aliphatic rings. The Bertz CT molecular complexity index is 1160. The number of amides is 2. The maximum Gasteiger partial charge on any atom is 0.254 e. The molecule has 0 saturated heterocycles. The van der Waals surface area contributed by atoms with Gasteiger partial charge in [-0.2, -0.15) is 0 Å². The van der Waals surface area contributed by atoms with Gasteiger partial charge in [-0.15, -0.1) is 0 Å². The number of carbonyl (C=O) groups is 2. The molecule has 6 heteroatoms. The second-order valence-electron chi connectivity index (χ2n) is 9.57. The minimum atomic E-state index is -0.568. The molecule has 0 radical (unpaired) electrons. The van der Waals surface area contributed by atoms with E-state index in [4.69, 9.17) is 0 Å². The third-order valence-electron chi connectivity index (χ3n) is 6.21. The van der Waals surface area contributed by atoms with Crippen molar-refractivity contribution in [1.82, 2.24) is 14.4 Å². The Morgan fingerprint density at radius 3 is 2.36 bits per heavy atom. The molecule has 2 amide bonds. The molecule has 3 aromatic rings. The van der Waals surface area contributed by atoms with Gasteiger partial charge in [0.1, 0.15) is 18.4 Å². The molecule has 0 fully saturated rings. The zero-order chi connectivity index (χ0) is 23.8. The van der Waals surface area contributed by atoms with Crippen LogP contribution in [0.3, 0.4) is 0 Å². The van der Waals surface area contributed by atoms with Crippen LogP contribution in [0.4, 0.5) is 4.39 Å². The molecule has 4 rings (SSSR count). The number of rotatable bonds is 4. The molecule has 0 aliphatic carbocycles. The highest BCUT2D eigenvalue weighted by Crippen LogP contribution is 2.34. The van der Waals surface area contributed by atoms with Crippen molar-refractivity contribution >= 4 is 11.8 Å². The van der Waals surface area contributed by atoms with E-state index in [2.05, 4.69) is 4.57 Å². The zero-order valence-electron chi connectivity index (χ0n) is 19.6. The highest BCUT2D eigenvalue weighted by atomic mass is 19.1. The summed E-state index contributed by atoms with van der Waals surface area (Å²) in [5.41, 5.74) is 2.36. The summed E-state index contributed by atoms with van der Waals surface area (Å²) in [4.78, 5) is 30.4. The predicted molar refractivity (Wildman–Crippen MR) is 126 cm³/mol. The topological polar surface area (TPSA) is 45.6 Å². The normalized spacial score (nSPS) is 15.8. The molecule has 1 atom stereocenters. The number of nitrogens with zero attached hydrogens (tertiary/aromatic N) is 3. The van der Waals surface area contributed by atoms with Crippen LogP contribution in [0.25, 0.3) is 0 Å². The number of halogens is 1. The maximum absolute atomic E-state index is 14.8. The highest BCUT2D eigenvalue weighted by Gasteiger charge is 2.37. The molecule has 172 valence electrons. The van der Waals surface area contributed by atoms with Gasteiger partial charge in [0.15, 0.2) is 0 Å². The van der Waals surface area contributed by atoms with Gasteiger partial charge in [-0.05, 0) is 58.0 Å². The first-order valence-electron chi connectivity index (χ1n) is 11.2. The SMILES string of the molecule is Cc1ccc(C(=O)N(CC(=O)N2CCn3cccc3[C@H]2c2ccccc2F)C(C)(C)C)cc1. The number of benzene rings is 2. The molecule has 0 unspecified atom stereocenters. The van der Waals surface area contributed by atoms with E-state index in [1.807, 2.05) is 58.2 Å². The number of aromatic nitrogens is 1. The fourth-order valence-corrected chi connectivity index (χ4v) is 4.37. The van der Waals surface area contributed by atoms with Crippen LogP contribution in [0, 0.1) is 12.7 Å². The van der Waals surface area contributed by atoms with E-state index in [0.717, 1.165) is 11.3 Å². The fourth-order valence-electron chi connectivity index (χ4n) is 4.37. The summed E-state index contributed by atoms with van der Waals surface area (Å²) in [6.07, 6.45) is 1.95. The lowest BCUT2D eigenvalue weighted by atomic mass is 9.98. The summed E-state index contributed by atoms with van der Waals surface area (Å²) in [6.45, 7) is 8.71. The van der Waals surface area contributed by atoms with E-state index in [1.54, 1.807) is 40.1 Å². The van der Waals surface area contributed by atoms with Gasteiger partial charge in [-0.25, -0.2) is 4.39 Å². The van der Waals surface area contributed by atoms with Crippen LogP contribution in [-0.2, 0) is 11.3 Å². The maximum atomic E-state index is 14.8. The molecular formula is C27H30FN3O2. The van der Waals surface area contributed by atoms with Crippen LogP contribution < -0.4 is 0 Å². The number of carbonyl (C=O) groups excluding carboxylic acids is 2. The molecular weight excluding hydrogens is 417 g/mol. The first kappa shape index (κ1) is 22.8. The molecule has 33 heavy (non-hydrogen) atoms. The smallest absolute Gasteiger partial charge is 0.254 e. The summed E-state index contributed by atoms with van der Waals surface area (Å²) >= 11 is 0. The van der Waals surface area contributed by atoms with Crippen LogP contribution in [0.2, 0.25) is 0 Å². The molecule has 1 aliphatic heterocycles. The van der Waals surface area contributed by atoms with Gasteiger partial charge >= 0.3 is 0 Å². The third kappa shape index (κ3) is 4.56. The predicted octanol–water partition coefficient (Wildman–Crippen LogP) is 4.81. The van der Waals surface area contributed by atoms with Gasteiger partial charge < -0.3 is 14.4 Å². The zero-order valence-corrected chi connectivity index (χ0v) is 19.6. The van der Waals surface area contributed by atoms with Gasteiger partial charge in [0.2, 0.25) is 5.91 Å². The van der Waals surface area contributed by atoms with Gasteiger partial charge in [-0.1, -0.05) is 35.9 Å². The summed E-state index contributed by atoms with van der Waals surface area (Å²) < 4.78 is 16.9. The van der Waals surface area contributed by atoms with Gasteiger partial charge in [0, 0.05) is 41.6 Å². The molecule has 0 spiro atoms. The minimum Gasteiger partial charge on any atom is -0.348 e. The van der Waals surface area contributed by atoms with E-state index in [-0.39, 0.29) is 24.2 Å². The van der Waals surface area contributed by atoms with Crippen molar-refractivity contribution in [3.8, 4) is 0 Å². The van der Waals surface area contributed by atoms with Crippen molar-refractivity contribution in [3.05, 3.63) is 95.1 Å². The first-order valence-corrected chi connectivity index (χ1v) is 11.2. The summed E-state index contributed by atoms with van der Waals surface area (Å²) in [5.74, 6) is -0.747. The van der Waals surface area contributed by atoms with E-state index in [9.17, 15) is 14.0 Å². The Morgan fingerprint density at radius 2 is 1.70 bits per heavy atom. The van der Waals surface area contributed by atoms with Crippen molar-refractivity contribution in [2.75, 3.05) is 13.1 Å². The quantitative estimate of drug-likeness (QED) is 0.576. The Kier molecular flexibility index (Phi) is 6.11. The van der Waals surface area contributed by atoms with Crippen LogP contribution >= 0.6 is 0 Å². The van der Waals surface area contributed by atoms with Crippen molar-refractivity contribution in [2.24, 2.45) is 0 Å². The second kappa shape index (κ2) is 8.85. The monoisotopic (exact) mass is 447 g/mol. The molecule has 0 bridgehead atoms. The highest BCUT2D eigenvalue weighted by molar-refractivity contribution is 5.97. The molecule has 0 N–H and O–H groups in total. The summed E-state index contributed by atoms with van der Waals surface area (Å²) in [6, 6.07) is 17.2. The van der Waals surface area contributed by atoms with Gasteiger partial charge in [0.05, 0.1) is 0 Å². The average Bonchev–Trinajstić information content (AvgIpc) is 3.25. The average molecular weight is 448 g/mol. The number of aryl methyl sites for hydroxylation is 1. The number of hydrogen-bond donors (Lipinski definition) is 0.